The molecule has 3 nitrogen and oxygen atoms in total. The molecule has 0 saturated heterocycles. The number of rotatable bonds is 1. The smallest absolute Gasteiger partial charge is 0.162 e. The molecule has 0 radical (unpaired) electrons. The maximum atomic E-state index is 5.99. The number of nitrogens with zero attached hydrogens (tertiary/aromatic N) is 2. The molecule has 0 amide bonds. The van der Waals surface area contributed by atoms with Crippen LogP contribution in [0.2, 0.25) is 5.02 Å². The lowest BCUT2D eigenvalue weighted by molar-refractivity contribution is 1.23. The van der Waals surface area contributed by atoms with Gasteiger partial charge in [0.2, 0.25) is 0 Å². The number of benzene rings is 2. The summed E-state index contributed by atoms with van der Waals surface area (Å²) >= 11 is 5.99. The van der Waals surface area contributed by atoms with Gasteiger partial charge in [0.05, 0.1) is 5.52 Å². The zero-order valence-electron chi connectivity index (χ0n) is 10.4. The SMILES string of the molecule is Cc1cccc(-c2nc(N)c3ccc(Cl)cc3n2)c1. The molecule has 0 saturated carbocycles. The predicted octanol–water partition coefficient (Wildman–Crippen LogP) is 3.84. The molecule has 4 heteroatoms. The lowest BCUT2D eigenvalue weighted by atomic mass is 10.1. The second-order valence-corrected chi connectivity index (χ2v) is 4.90. The molecule has 0 aliphatic carbocycles. The minimum Gasteiger partial charge on any atom is -0.383 e. The first-order chi connectivity index (χ1) is 9.13. The zero-order valence-corrected chi connectivity index (χ0v) is 11.1. The first-order valence-corrected chi connectivity index (χ1v) is 6.31. The summed E-state index contributed by atoms with van der Waals surface area (Å²) in [5, 5.41) is 1.46. The Hall–Kier alpha value is -2.13. The van der Waals surface area contributed by atoms with Crippen LogP contribution in [0.4, 0.5) is 5.82 Å². The number of nitrogens with two attached hydrogens (primary N) is 1. The fourth-order valence-electron chi connectivity index (χ4n) is 2.04. The first-order valence-electron chi connectivity index (χ1n) is 5.93. The molecule has 3 rings (SSSR count). The van der Waals surface area contributed by atoms with E-state index in [-0.39, 0.29) is 0 Å². The number of hydrogen-bond donors (Lipinski definition) is 1. The highest BCUT2D eigenvalue weighted by Crippen LogP contribution is 2.25. The van der Waals surface area contributed by atoms with Gasteiger partial charge in [0.15, 0.2) is 5.82 Å². The fraction of sp³-hybridized carbons (Fsp3) is 0.0667. The Kier molecular flexibility index (Phi) is 2.84. The van der Waals surface area contributed by atoms with Crippen molar-refractivity contribution in [1.29, 1.82) is 0 Å². The number of aromatic nitrogens is 2. The van der Waals surface area contributed by atoms with E-state index in [9.17, 15) is 0 Å². The lowest BCUT2D eigenvalue weighted by Gasteiger charge is -2.06. The monoisotopic (exact) mass is 269 g/mol. The number of hydrogen-bond acceptors (Lipinski definition) is 3. The predicted molar refractivity (Wildman–Crippen MR) is 79.1 cm³/mol. The van der Waals surface area contributed by atoms with Crippen LogP contribution >= 0.6 is 11.6 Å². The van der Waals surface area contributed by atoms with E-state index in [0.29, 0.717) is 16.7 Å². The van der Waals surface area contributed by atoms with Crippen LogP contribution in [-0.2, 0) is 0 Å². The molecule has 0 bridgehead atoms. The van der Waals surface area contributed by atoms with Gasteiger partial charge in [-0.25, -0.2) is 9.97 Å². The van der Waals surface area contributed by atoms with Crippen molar-refractivity contribution in [2.75, 3.05) is 5.73 Å². The second kappa shape index (κ2) is 4.52. The van der Waals surface area contributed by atoms with Crippen molar-refractivity contribution in [3.05, 3.63) is 53.1 Å². The largest absolute Gasteiger partial charge is 0.383 e. The third kappa shape index (κ3) is 2.25. The normalized spacial score (nSPS) is 10.8. The Morgan fingerprint density at radius 2 is 1.89 bits per heavy atom. The highest BCUT2D eigenvalue weighted by Gasteiger charge is 2.07. The van der Waals surface area contributed by atoms with E-state index in [0.717, 1.165) is 22.0 Å². The first kappa shape index (κ1) is 11.9. The molecule has 2 N–H and O–H groups in total. The third-order valence-corrected chi connectivity index (χ3v) is 3.20. The zero-order chi connectivity index (χ0) is 13.4. The third-order valence-electron chi connectivity index (χ3n) is 2.96. The number of aryl methyl sites for hydroxylation is 1. The van der Waals surface area contributed by atoms with Gasteiger partial charge in [0.1, 0.15) is 5.82 Å². The standard InChI is InChI=1S/C15H12ClN3/c1-9-3-2-4-10(7-9)15-18-13-8-11(16)5-6-12(13)14(17)19-15/h2-8H,1H3,(H2,17,18,19). The number of halogens is 1. The molecule has 0 atom stereocenters. The summed E-state index contributed by atoms with van der Waals surface area (Å²) in [4.78, 5) is 8.90. The van der Waals surface area contributed by atoms with E-state index in [4.69, 9.17) is 17.3 Å². The van der Waals surface area contributed by atoms with Crippen LogP contribution in [0, 0.1) is 6.92 Å². The topological polar surface area (TPSA) is 51.8 Å². The number of anilines is 1. The van der Waals surface area contributed by atoms with E-state index in [1.807, 2.05) is 37.3 Å². The number of fused-ring (bicyclic) bond motifs is 1. The van der Waals surface area contributed by atoms with Gasteiger partial charge in [-0.05, 0) is 31.2 Å². The molecule has 1 heterocycles. The average Bonchev–Trinajstić information content (AvgIpc) is 2.38. The molecule has 0 aliphatic rings. The molecule has 2 aromatic carbocycles. The van der Waals surface area contributed by atoms with Crippen molar-refractivity contribution in [3.8, 4) is 11.4 Å². The van der Waals surface area contributed by atoms with E-state index in [2.05, 4.69) is 9.97 Å². The van der Waals surface area contributed by atoms with Crippen LogP contribution < -0.4 is 5.73 Å². The highest BCUT2D eigenvalue weighted by molar-refractivity contribution is 6.31. The minimum atomic E-state index is 0.471. The van der Waals surface area contributed by atoms with Gasteiger partial charge in [-0.3, -0.25) is 0 Å². The van der Waals surface area contributed by atoms with Gasteiger partial charge in [-0.2, -0.15) is 0 Å². The summed E-state index contributed by atoms with van der Waals surface area (Å²) in [7, 11) is 0. The molecule has 19 heavy (non-hydrogen) atoms. The van der Waals surface area contributed by atoms with E-state index < -0.39 is 0 Å². The van der Waals surface area contributed by atoms with Crippen LogP contribution in [0.25, 0.3) is 22.3 Å². The van der Waals surface area contributed by atoms with Gasteiger partial charge in [-0.1, -0.05) is 35.4 Å². The molecule has 0 aliphatic heterocycles. The Bertz CT molecular complexity index is 768. The fourth-order valence-corrected chi connectivity index (χ4v) is 2.21. The molecule has 0 unspecified atom stereocenters. The van der Waals surface area contributed by atoms with Gasteiger partial charge in [0.25, 0.3) is 0 Å². The molecular formula is C15H12ClN3. The van der Waals surface area contributed by atoms with Gasteiger partial charge < -0.3 is 5.73 Å². The van der Waals surface area contributed by atoms with Crippen molar-refractivity contribution in [3.63, 3.8) is 0 Å². The summed E-state index contributed by atoms with van der Waals surface area (Å²) in [6, 6.07) is 13.4. The Balaban J connectivity index is 2.25. The van der Waals surface area contributed by atoms with Crippen LogP contribution in [0.15, 0.2) is 42.5 Å². The summed E-state index contributed by atoms with van der Waals surface area (Å²) in [5.74, 6) is 1.09. The van der Waals surface area contributed by atoms with Crippen molar-refractivity contribution in [1.82, 2.24) is 9.97 Å². The van der Waals surface area contributed by atoms with Crippen LogP contribution in [-0.4, -0.2) is 9.97 Å². The second-order valence-electron chi connectivity index (χ2n) is 4.46. The van der Waals surface area contributed by atoms with Crippen LogP contribution in [0.1, 0.15) is 5.56 Å². The number of nitrogen functional groups attached to an aromatic ring is 1. The molecule has 1 aromatic heterocycles. The maximum absolute atomic E-state index is 5.99. The molecule has 0 fully saturated rings. The maximum Gasteiger partial charge on any atom is 0.162 e. The van der Waals surface area contributed by atoms with Crippen molar-refractivity contribution in [2.45, 2.75) is 6.92 Å². The summed E-state index contributed by atoms with van der Waals surface area (Å²) < 4.78 is 0. The van der Waals surface area contributed by atoms with Gasteiger partial charge in [-0.15, -0.1) is 0 Å². The molecule has 94 valence electrons. The van der Waals surface area contributed by atoms with Gasteiger partial charge >= 0.3 is 0 Å². The van der Waals surface area contributed by atoms with Crippen LogP contribution in [0.3, 0.4) is 0 Å². The van der Waals surface area contributed by atoms with Crippen LogP contribution in [0.5, 0.6) is 0 Å². The quantitative estimate of drug-likeness (QED) is 0.730. The summed E-state index contributed by atoms with van der Waals surface area (Å²) in [6.07, 6.45) is 0. The average molecular weight is 270 g/mol. The van der Waals surface area contributed by atoms with Crippen molar-refractivity contribution < 1.29 is 0 Å². The van der Waals surface area contributed by atoms with E-state index >= 15 is 0 Å². The Labute approximate surface area is 116 Å². The van der Waals surface area contributed by atoms with Gasteiger partial charge in [0, 0.05) is 16.0 Å². The van der Waals surface area contributed by atoms with Crippen molar-refractivity contribution in [2.24, 2.45) is 0 Å². The Morgan fingerprint density at radius 1 is 1.05 bits per heavy atom. The van der Waals surface area contributed by atoms with E-state index in [1.165, 1.54) is 0 Å². The Morgan fingerprint density at radius 3 is 2.68 bits per heavy atom. The summed E-state index contributed by atoms with van der Waals surface area (Å²) in [5.41, 5.74) is 8.86. The molecular weight excluding hydrogens is 258 g/mol. The molecule has 3 aromatic rings. The molecule has 0 spiro atoms. The lowest BCUT2D eigenvalue weighted by Crippen LogP contribution is -1.97. The summed E-state index contributed by atoms with van der Waals surface area (Å²) in [6.45, 7) is 2.03. The van der Waals surface area contributed by atoms with Crippen molar-refractivity contribution >= 4 is 28.3 Å². The minimum absolute atomic E-state index is 0.471. The van der Waals surface area contributed by atoms with E-state index in [1.54, 1.807) is 12.1 Å². The highest BCUT2D eigenvalue weighted by atomic mass is 35.5.